The average Bonchev–Trinajstić information content (AvgIpc) is 2.60. The molecule has 0 bridgehead atoms. The number of rotatable bonds is 4. The first kappa shape index (κ1) is 18.7. The van der Waals surface area contributed by atoms with E-state index < -0.39 is 5.97 Å². The van der Waals surface area contributed by atoms with E-state index >= 15 is 0 Å². The number of aromatic carboxylic acids is 1. The van der Waals surface area contributed by atoms with Crippen LogP contribution < -0.4 is 4.90 Å². The van der Waals surface area contributed by atoms with Gasteiger partial charge in [-0.2, -0.15) is 0 Å². The van der Waals surface area contributed by atoms with Gasteiger partial charge in [0.25, 0.3) is 0 Å². The molecule has 0 spiro atoms. The topological polar surface area (TPSA) is 73.1 Å². The first-order valence-corrected chi connectivity index (χ1v) is 8.95. The molecule has 5 heteroatoms. The number of hydrogen-bond acceptors (Lipinski definition) is 4. The maximum Gasteiger partial charge on any atom is 0.339 e. The van der Waals surface area contributed by atoms with Crippen LogP contribution in [0.3, 0.4) is 0 Å². The number of anilines is 1. The minimum atomic E-state index is -1.18. The molecule has 2 aromatic rings. The summed E-state index contributed by atoms with van der Waals surface area (Å²) in [6.07, 6.45) is 3.99. The Morgan fingerprint density at radius 1 is 1.22 bits per heavy atom. The number of carbonyl (C=O) groups is 1. The molecule has 0 radical (unpaired) electrons. The van der Waals surface area contributed by atoms with E-state index in [0.29, 0.717) is 5.69 Å². The van der Waals surface area contributed by atoms with Crippen LogP contribution in [0.2, 0.25) is 0 Å². The Balaban J connectivity index is 1.95. The van der Waals surface area contributed by atoms with Crippen molar-refractivity contribution in [2.24, 2.45) is 4.99 Å². The van der Waals surface area contributed by atoms with Crippen LogP contribution in [0, 0.1) is 0 Å². The van der Waals surface area contributed by atoms with E-state index in [-0.39, 0.29) is 16.9 Å². The van der Waals surface area contributed by atoms with E-state index in [0.717, 1.165) is 12.1 Å². The zero-order chi connectivity index (χ0) is 19.8. The molecule has 5 nitrogen and oxygen atoms in total. The lowest BCUT2D eigenvalue weighted by Gasteiger charge is -2.42. The van der Waals surface area contributed by atoms with Gasteiger partial charge in [-0.05, 0) is 69.2 Å². The highest BCUT2D eigenvalue weighted by Gasteiger charge is 2.29. The lowest BCUT2D eigenvalue weighted by molar-refractivity contribution is 0.0694. The normalized spacial score (nSPS) is 15.6. The summed E-state index contributed by atoms with van der Waals surface area (Å²) < 4.78 is 0. The second kappa shape index (κ2) is 6.91. The largest absolute Gasteiger partial charge is 0.507 e. The molecule has 1 heterocycles. The Kier molecular flexibility index (Phi) is 4.79. The summed E-state index contributed by atoms with van der Waals surface area (Å²) in [6, 6.07) is 10.5. The van der Waals surface area contributed by atoms with Gasteiger partial charge in [-0.1, -0.05) is 12.1 Å². The van der Waals surface area contributed by atoms with E-state index in [1.807, 2.05) is 6.07 Å². The number of aromatic hydroxyl groups is 1. The Hall–Kier alpha value is -3.08. The fourth-order valence-corrected chi connectivity index (χ4v) is 3.68. The molecule has 27 heavy (non-hydrogen) atoms. The molecular weight excluding hydrogens is 340 g/mol. The molecule has 0 saturated carbocycles. The fourth-order valence-electron chi connectivity index (χ4n) is 3.68. The predicted octanol–water partition coefficient (Wildman–Crippen LogP) is 4.86. The number of nitrogens with zero attached hydrogens (tertiary/aromatic N) is 2. The van der Waals surface area contributed by atoms with Crippen LogP contribution in [0.25, 0.3) is 5.57 Å². The minimum absolute atomic E-state index is 0.0271. The van der Waals surface area contributed by atoms with Crippen LogP contribution in [-0.4, -0.2) is 34.5 Å². The van der Waals surface area contributed by atoms with Crippen molar-refractivity contribution in [1.29, 1.82) is 0 Å². The molecule has 0 saturated heterocycles. The van der Waals surface area contributed by atoms with Gasteiger partial charge in [-0.3, -0.25) is 4.99 Å². The zero-order valence-corrected chi connectivity index (χ0v) is 16.0. The molecule has 0 amide bonds. The van der Waals surface area contributed by atoms with E-state index in [4.69, 9.17) is 5.11 Å². The number of phenols is 1. The van der Waals surface area contributed by atoms with Crippen molar-refractivity contribution in [2.45, 2.75) is 33.2 Å². The van der Waals surface area contributed by atoms with Crippen LogP contribution in [0.1, 0.15) is 49.2 Å². The fraction of sp³-hybridized carbons (Fsp3) is 0.273. The van der Waals surface area contributed by atoms with Crippen molar-refractivity contribution in [3.05, 3.63) is 59.2 Å². The Morgan fingerprint density at radius 3 is 2.63 bits per heavy atom. The first-order valence-electron chi connectivity index (χ1n) is 8.95. The second-order valence-electron chi connectivity index (χ2n) is 7.27. The minimum Gasteiger partial charge on any atom is -0.507 e. The smallest absolute Gasteiger partial charge is 0.339 e. The Labute approximate surface area is 159 Å². The summed E-state index contributed by atoms with van der Waals surface area (Å²) in [6.45, 7) is 9.61. The number of aliphatic imine (C=N–C) groups is 1. The van der Waals surface area contributed by atoms with Crippen molar-refractivity contribution in [2.75, 3.05) is 11.4 Å². The summed E-state index contributed by atoms with van der Waals surface area (Å²) in [4.78, 5) is 17.9. The molecule has 2 N–H and O–H groups in total. The highest BCUT2D eigenvalue weighted by molar-refractivity contribution is 5.93. The van der Waals surface area contributed by atoms with Crippen LogP contribution in [-0.2, 0) is 0 Å². The lowest BCUT2D eigenvalue weighted by Crippen LogP contribution is -2.44. The average molecular weight is 364 g/mol. The van der Waals surface area contributed by atoms with Gasteiger partial charge in [0, 0.05) is 24.0 Å². The van der Waals surface area contributed by atoms with Crippen molar-refractivity contribution in [3.63, 3.8) is 0 Å². The molecule has 0 unspecified atom stereocenters. The molecule has 140 valence electrons. The van der Waals surface area contributed by atoms with E-state index in [9.17, 15) is 9.90 Å². The van der Waals surface area contributed by atoms with Crippen LogP contribution in [0.5, 0.6) is 5.75 Å². The molecule has 1 aliphatic rings. The number of carboxylic acid groups (broad SMARTS) is 1. The number of hydrogen-bond donors (Lipinski definition) is 2. The number of fused-ring (bicyclic) bond motifs is 1. The maximum atomic E-state index is 11.1. The third-order valence-electron chi connectivity index (χ3n) is 4.89. The number of benzene rings is 2. The summed E-state index contributed by atoms with van der Waals surface area (Å²) in [5, 5.41) is 18.7. The third kappa shape index (κ3) is 3.58. The SMILES string of the molecule is CCN1c2ccc(C=Nc3ccc(O)c(C(=O)O)c3)cc2C(C)=CC1(C)C. The highest BCUT2D eigenvalue weighted by Crippen LogP contribution is 2.38. The molecule has 0 atom stereocenters. The van der Waals surface area contributed by atoms with Gasteiger partial charge in [-0.15, -0.1) is 0 Å². The Bertz CT molecular complexity index is 958. The van der Waals surface area contributed by atoms with Gasteiger partial charge >= 0.3 is 5.97 Å². The van der Waals surface area contributed by atoms with Gasteiger partial charge in [-0.25, -0.2) is 4.79 Å². The van der Waals surface area contributed by atoms with Crippen molar-refractivity contribution >= 4 is 29.1 Å². The van der Waals surface area contributed by atoms with Gasteiger partial charge < -0.3 is 15.1 Å². The van der Waals surface area contributed by atoms with Crippen molar-refractivity contribution in [3.8, 4) is 5.75 Å². The number of carboxylic acids is 1. The zero-order valence-electron chi connectivity index (χ0n) is 16.0. The molecular formula is C22H24N2O3. The van der Waals surface area contributed by atoms with E-state index in [1.165, 1.54) is 29.0 Å². The summed E-state index contributed by atoms with van der Waals surface area (Å²) in [5.41, 5.74) is 4.84. The van der Waals surface area contributed by atoms with Crippen LogP contribution in [0.15, 0.2) is 47.5 Å². The molecule has 1 aliphatic heterocycles. The summed E-state index contributed by atoms with van der Waals surface area (Å²) in [5.74, 6) is -1.44. The predicted molar refractivity (Wildman–Crippen MR) is 110 cm³/mol. The molecule has 0 aromatic heterocycles. The van der Waals surface area contributed by atoms with Crippen LogP contribution >= 0.6 is 0 Å². The Morgan fingerprint density at radius 2 is 1.96 bits per heavy atom. The first-order chi connectivity index (χ1) is 12.7. The summed E-state index contributed by atoms with van der Waals surface area (Å²) in [7, 11) is 0. The van der Waals surface area contributed by atoms with Gasteiger partial charge in [0.2, 0.25) is 0 Å². The molecule has 2 aromatic carbocycles. The third-order valence-corrected chi connectivity index (χ3v) is 4.89. The number of likely N-dealkylation sites (N-methyl/N-ethyl adjacent to an activating group) is 1. The van der Waals surface area contributed by atoms with Crippen LogP contribution in [0.4, 0.5) is 11.4 Å². The highest BCUT2D eigenvalue weighted by atomic mass is 16.4. The summed E-state index contributed by atoms with van der Waals surface area (Å²) >= 11 is 0. The lowest BCUT2D eigenvalue weighted by atomic mass is 9.88. The van der Waals surface area contributed by atoms with Crippen molar-refractivity contribution in [1.82, 2.24) is 0 Å². The van der Waals surface area contributed by atoms with Crippen molar-refractivity contribution < 1.29 is 15.0 Å². The van der Waals surface area contributed by atoms with Gasteiger partial charge in [0.05, 0.1) is 11.2 Å². The van der Waals surface area contributed by atoms with E-state index in [2.05, 4.69) is 55.8 Å². The maximum absolute atomic E-state index is 11.1. The monoisotopic (exact) mass is 364 g/mol. The standard InChI is InChI=1S/C22H24N2O3/c1-5-24-19-8-6-15(10-17(19)14(2)12-22(24,3)4)13-23-16-7-9-20(25)18(11-16)21(26)27/h6-13,25H,5H2,1-4H3,(H,26,27). The molecule has 3 rings (SSSR count). The molecule has 0 fully saturated rings. The quantitative estimate of drug-likeness (QED) is 0.760. The second-order valence-corrected chi connectivity index (χ2v) is 7.27. The van der Waals surface area contributed by atoms with E-state index in [1.54, 1.807) is 12.3 Å². The number of allylic oxidation sites excluding steroid dienone is 1. The van der Waals surface area contributed by atoms with Gasteiger partial charge in [0.15, 0.2) is 0 Å². The molecule has 0 aliphatic carbocycles. The van der Waals surface area contributed by atoms with Gasteiger partial charge in [0.1, 0.15) is 11.3 Å².